The first-order valence-electron chi connectivity index (χ1n) is 10.7. The van der Waals surface area contributed by atoms with E-state index in [1.165, 1.54) is 89.9 Å². The molecule has 0 bridgehead atoms. The van der Waals surface area contributed by atoms with Crippen molar-refractivity contribution in [2.75, 3.05) is 6.61 Å². The van der Waals surface area contributed by atoms with Crippen LogP contribution in [0.4, 0.5) is 0 Å². The molecule has 0 aromatic carbocycles. The second-order valence-corrected chi connectivity index (χ2v) is 7.12. The van der Waals surface area contributed by atoms with Gasteiger partial charge >= 0.3 is 24.8 Å². The Morgan fingerprint density at radius 2 is 1.04 bits per heavy atom. The summed E-state index contributed by atoms with van der Waals surface area (Å²) in [6.07, 6.45) is 22.4. The van der Waals surface area contributed by atoms with Gasteiger partial charge in [-0.15, -0.1) is 0 Å². The Labute approximate surface area is 178 Å². The van der Waals surface area contributed by atoms with Crippen LogP contribution >= 0.6 is 0 Å². The van der Waals surface area contributed by atoms with Gasteiger partial charge in [0.15, 0.2) is 0 Å². The molecule has 0 spiro atoms. The van der Waals surface area contributed by atoms with Crippen molar-refractivity contribution in [1.82, 2.24) is 0 Å². The fourth-order valence-corrected chi connectivity index (χ4v) is 3.01. The average molecular weight is 374 g/mol. The molecule has 152 valence electrons. The number of hydrogen-bond acceptors (Lipinski definition) is 4. The third-order valence-electron chi connectivity index (χ3n) is 4.60. The van der Waals surface area contributed by atoms with E-state index in [2.05, 4.69) is 6.92 Å². The van der Waals surface area contributed by atoms with Gasteiger partial charge in [0, 0.05) is 6.08 Å². The van der Waals surface area contributed by atoms with Crippen LogP contribution in [0.1, 0.15) is 110 Å². The molecule has 0 atom stereocenters. The molecule has 0 saturated carbocycles. The maximum atomic E-state index is 11.1. The number of hydrogen-bond donors (Lipinski definition) is 0. The van der Waals surface area contributed by atoms with Crippen molar-refractivity contribution in [3.63, 3.8) is 0 Å². The van der Waals surface area contributed by atoms with Gasteiger partial charge in [0.05, 0.1) is 12.6 Å². The maximum Gasteiger partial charge on any atom is 1.00 e. The molecule has 5 heteroatoms. The number of carboxylic acid groups (broad SMARTS) is 1. The first kappa shape index (κ1) is 28.5. The zero-order valence-electron chi connectivity index (χ0n) is 17.8. The van der Waals surface area contributed by atoms with Crippen LogP contribution in [0.2, 0.25) is 0 Å². The molecule has 0 amide bonds. The predicted octanol–water partition coefficient (Wildman–Crippen LogP) is 2.10. The van der Waals surface area contributed by atoms with E-state index in [1.54, 1.807) is 0 Å². The van der Waals surface area contributed by atoms with Crippen molar-refractivity contribution >= 4 is 11.9 Å². The van der Waals surface area contributed by atoms with Crippen LogP contribution in [-0.2, 0) is 14.3 Å². The van der Waals surface area contributed by atoms with Gasteiger partial charge < -0.3 is 14.6 Å². The molecule has 0 N–H and O–H groups in total. The number of carboxylic acids is 1. The molecule has 0 radical (unpaired) electrons. The Morgan fingerprint density at radius 3 is 1.41 bits per heavy atom. The van der Waals surface area contributed by atoms with E-state index in [4.69, 9.17) is 4.74 Å². The summed E-state index contributed by atoms with van der Waals surface area (Å²) in [6, 6.07) is 0. The third-order valence-corrected chi connectivity index (χ3v) is 4.60. The fraction of sp³-hybridized carbons (Fsp3) is 0.818. The number of carbonyl (C=O) groups excluding carboxylic acids is 2. The molecule has 0 heterocycles. The third kappa shape index (κ3) is 25.3. The Bertz CT molecular complexity index is 369. The van der Waals surface area contributed by atoms with Gasteiger partial charge in [0.2, 0.25) is 0 Å². The molecule has 0 aliphatic rings. The van der Waals surface area contributed by atoms with Gasteiger partial charge in [0.1, 0.15) is 0 Å². The zero-order valence-corrected chi connectivity index (χ0v) is 17.8. The number of unbranched alkanes of at least 4 members (excludes halogenated alkanes) is 15. The molecule has 0 fully saturated rings. The van der Waals surface area contributed by atoms with E-state index in [1.807, 2.05) is 0 Å². The Kier molecular flexibility index (Phi) is 24.6. The van der Waals surface area contributed by atoms with E-state index in [0.29, 0.717) is 12.7 Å². The van der Waals surface area contributed by atoms with Crippen LogP contribution in [0, 0.1) is 0 Å². The minimum atomic E-state index is -1.38. The van der Waals surface area contributed by atoms with Gasteiger partial charge in [-0.3, -0.25) is 0 Å². The zero-order chi connectivity index (χ0) is 19.3. The first-order valence-corrected chi connectivity index (χ1v) is 10.7. The molecule has 4 nitrogen and oxygen atoms in total. The minimum Gasteiger partial charge on any atom is -0.545 e. The maximum absolute atomic E-state index is 11.1. The van der Waals surface area contributed by atoms with Crippen molar-refractivity contribution in [2.24, 2.45) is 0 Å². The smallest absolute Gasteiger partial charge is 0.545 e. The van der Waals surface area contributed by atoms with Gasteiger partial charge in [-0.1, -0.05) is 103 Å². The molecule has 0 saturated heterocycles. The summed E-state index contributed by atoms with van der Waals surface area (Å²) in [7, 11) is 0. The largest absolute Gasteiger partial charge is 1.00 e. The number of esters is 1. The van der Waals surface area contributed by atoms with Crippen LogP contribution < -0.4 is 24.0 Å². The normalized spacial score (nSPS) is 10.7. The SMILES string of the molecule is CCCCCCCCCCCCCCCCCCOC(=O)/C=C/C(=O)[O-].[Li+]. The fourth-order valence-electron chi connectivity index (χ4n) is 3.01. The van der Waals surface area contributed by atoms with Crippen molar-refractivity contribution in [1.29, 1.82) is 0 Å². The summed E-state index contributed by atoms with van der Waals surface area (Å²) >= 11 is 0. The molecule has 0 aromatic rings. The second kappa shape index (κ2) is 23.3. The summed E-state index contributed by atoms with van der Waals surface area (Å²) in [4.78, 5) is 21.2. The number of rotatable bonds is 19. The predicted molar refractivity (Wildman–Crippen MR) is 105 cm³/mol. The first-order chi connectivity index (χ1) is 12.7. The summed E-state index contributed by atoms with van der Waals surface area (Å²) in [5, 5.41) is 10.1. The van der Waals surface area contributed by atoms with E-state index in [9.17, 15) is 14.7 Å². The Balaban J connectivity index is 0. The van der Waals surface area contributed by atoms with Crippen molar-refractivity contribution in [3.05, 3.63) is 12.2 Å². The van der Waals surface area contributed by atoms with Crippen molar-refractivity contribution in [3.8, 4) is 0 Å². The quantitative estimate of drug-likeness (QED) is 0.150. The molecule has 0 aliphatic heterocycles. The van der Waals surface area contributed by atoms with Crippen LogP contribution in [0.5, 0.6) is 0 Å². The summed E-state index contributed by atoms with van der Waals surface area (Å²) in [5.74, 6) is -2.00. The van der Waals surface area contributed by atoms with Crippen LogP contribution in [0.25, 0.3) is 0 Å². The molecular weight excluding hydrogens is 335 g/mol. The molecular formula is C22H39LiO4. The van der Waals surface area contributed by atoms with Crippen LogP contribution in [0.3, 0.4) is 0 Å². The van der Waals surface area contributed by atoms with Crippen LogP contribution in [-0.4, -0.2) is 18.5 Å². The van der Waals surface area contributed by atoms with E-state index in [-0.39, 0.29) is 18.9 Å². The van der Waals surface area contributed by atoms with Gasteiger partial charge in [-0.25, -0.2) is 4.79 Å². The Hall–Kier alpha value is -0.723. The van der Waals surface area contributed by atoms with Gasteiger partial charge in [0.25, 0.3) is 0 Å². The standard InChI is InChI=1S/C22H40O4.Li/c1-2-3-4-5-6-7-8-9-10-11-12-13-14-15-16-17-20-26-22(25)19-18-21(23)24;/h18-19H,2-17,20H2,1H3,(H,23,24);/q;+1/p-1/b19-18+;. The summed E-state index contributed by atoms with van der Waals surface area (Å²) in [5.41, 5.74) is 0. The molecule has 0 rings (SSSR count). The molecule has 0 aliphatic carbocycles. The molecule has 0 aromatic heterocycles. The van der Waals surface area contributed by atoms with Crippen LogP contribution in [0.15, 0.2) is 12.2 Å². The summed E-state index contributed by atoms with van der Waals surface area (Å²) < 4.78 is 4.89. The van der Waals surface area contributed by atoms with Crippen molar-refractivity contribution < 1.29 is 38.3 Å². The monoisotopic (exact) mass is 374 g/mol. The van der Waals surface area contributed by atoms with Gasteiger partial charge in [-0.05, 0) is 12.5 Å². The Morgan fingerprint density at radius 1 is 0.667 bits per heavy atom. The van der Waals surface area contributed by atoms with E-state index < -0.39 is 11.9 Å². The van der Waals surface area contributed by atoms with E-state index >= 15 is 0 Å². The second-order valence-electron chi connectivity index (χ2n) is 7.12. The number of carbonyl (C=O) groups is 2. The molecule has 27 heavy (non-hydrogen) atoms. The number of ether oxygens (including phenoxy) is 1. The molecule has 0 unspecified atom stereocenters. The van der Waals surface area contributed by atoms with Crippen molar-refractivity contribution in [2.45, 2.75) is 110 Å². The number of aliphatic carboxylic acids is 1. The topological polar surface area (TPSA) is 66.4 Å². The average Bonchev–Trinajstić information content (AvgIpc) is 2.62. The van der Waals surface area contributed by atoms with E-state index in [0.717, 1.165) is 18.9 Å². The summed E-state index contributed by atoms with van der Waals surface area (Å²) in [6.45, 7) is 2.62. The van der Waals surface area contributed by atoms with Gasteiger partial charge in [-0.2, -0.15) is 0 Å². The minimum absolute atomic E-state index is 0.